The van der Waals surface area contributed by atoms with Gasteiger partial charge in [-0.3, -0.25) is 4.79 Å². The Labute approximate surface area is 55.5 Å². The van der Waals surface area contributed by atoms with Gasteiger partial charge in [-0.05, 0) is 11.1 Å². The lowest BCUT2D eigenvalue weighted by Crippen LogP contribution is -1.90. The highest BCUT2D eigenvalue weighted by Gasteiger charge is 1.86. The first kappa shape index (κ1) is 7.18. The molecule has 0 atom stereocenters. The van der Waals surface area contributed by atoms with E-state index in [9.17, 15) is 4.79 Å². The summed E-state index contributed by atoms with van der Waals surface area (Å²) in [4.78, 5) is 11.6. The maximum Gasteiger partial charge on any atom is 0.170 e. The molecule has 0 radical (unpaired) electrons. The van der Waals surface area contributed by atoms with Crippen molar-refractivity contribution < 1.29 is 4.79 Å². The van der Waals surface area contributed by atoms with Crippen molar-refractivity contribution in [2.45, 2.75) is 0 Å². The standard InChI is InChI=1S/C4H4BrClO/c5-2-1-4(7)3-6/h1-2H,3H2/b2-1+. The molecule has 1 nitrogen and oxygen atoms in total. The predicted molar refractivity (Wildman–Crippen MR) is 33.8 cm³/mol. The second-order valence-electron chi connectivity index (χ2n) is 0.893. The summed E-state index contributed by atoms with van der Waals surface area (Å²) in [6.07, 6.45) is 1.37. The number of hydrogen-bond acceptors (Lipinski definition) is 1. The zero-order valence-corrected chi connectivity index (χ0v) is 5.87. The van der Waals surface area contributed by atoms with E-state index in [0.29, 0.717) is 0 Å². The maximum atomic E-state index is 10.2. The van der Waals surface area contributed by atoms with E-state index in [4.69, 9.17) is 11.6 Å². The smallest absolute Gasteiger partial charge is 0.170 e. The fraction of sp³-hybridized carbons (Fsp3) is 0.250. The number of allylic oxidation sites excluding steroid dienone is 1. The van der Waals surface area contributed by atoms with Gasteiger partial charge in [0.05, 0.1) is 5.88 Å². The molecule has 0 aromatic rings. The van der Waals surface area contributed by atoms with E-state index in [0.717, 1.165) is 0 Å². The van der Waals surface area contributed by atoms with Crippen LogP contribution in [0.2, 0.25) is 0 Å². The van der Waals surface area contributed by atoms with Crippen LogP contribution in [0.5, 0.6) is 0 Å². The average Bonchev–Trinajstić information content (AvgIpc) is 1.68. The summed E-state index contributed by atoms with van der Waals surface area (Å²) in [6, 6.07) is 0. The summed E-state index contributed by atoms with van der Waals surface area (Å²) in [7, 11) is 0. The van der Waals surface area contributed by atoms with Gasteiger partial charge in [-0.2, -0.15) is 0 Å². The van der Waals surface area contributed by atoms with Crippen LogP contribution in [0.15, 0.2) is 11.1 Å². The molecule has 0 aromatic carbocycles. The van der Waals surface area contributed by atoms with Gasteiger partial charge in [0.1, 0.15) is 0 Å². The second-order valence-corrected chi connectivity index (χ2v) is 1.69. The first-order valence-electron chi connectivity index (χ1n) is 1.67. The molecular weight excluding hydrogens is 179 g/mol. The van der Waals surface area contributed by atoms with E-state index < -0.39 is 0 Å². The molecule has 0 unspecified atom stereocenters. The fourth-order valence-corrected chi connectivity index (χ4v) is 0.499. The third kappa shape index (κ3) is 4.02. The molecule has 0 aliphatic rings. The van der Waals surface area contributed by atoms with E-state index in [1.54, 1.807) is 0 Å². The van der Waals surface area contributed by atoms with Gasteiger partial charge in [0, 0.05) is 0 Å². The van der Waals surface area contributed by atoms with Crippen LogP contribution in [-0.4, -0.2) is 11.7 Å². The van der Waals surface area contributed by atoms with Crippen molar-refractivity contribution in [2.24, 2.45) is 0 Å². The molecule has 40 valence electrons. The van der Waals surface area contributed by atoms with Crippen LogP contribution >= 0.6 is 27.5 Å². The van der Waals surface area contributed by atoms with E-state index in [-0.39, 0.29) is 11.7 Å². The zero-order valence-electron chi connectivity index (χ0n) is 3.53. The lowest BCUT2D eigenvalue weighted by molar-refractivity contribution is -0.112. The molecule has 0 N–H and O–H groups in total. The highest BCUT2D eigenvalue weighted by atomic mass is 79.9. The Bertz CT molecular complexity index is 89.7. The van der Waals surface area contributed by atoms with Gasteiger partial charge < -0.3 is 0 Å². The molecule has 0 saturated carbocycles. The first-order valence-corrected chi connectivity index (χ1v) is 3.12. The Morgan fingerprint density at radius 3 is 2.57 bits per heavy atom. The number of hydrogen-bond donors (Lipinski definition) is 0. The monoisotopic (exact) mass is 182 g/mol. The third-order valence-electron chi connectivity index (χ3n) is 0.381. The average molecular weight is 183 g/mol. The Morgan fingerprint density at radius 2 is 2.43 bits per heavy atom. The number of carbonyl (C=O) groups excluding carboxylic acids is 1. The summed E-state index contributed by atoms with van der Waals surface area (Å²) >= 11 is 8.04. The van der Waals surface area contributed by atoms with Gasteiger partial charge in [-0.15, -0.1) is 11.6 Å². The minimum absolute atomic E-state index is 0.0576. The molecule has 7 heavy (non-hydrogen) atoms. The molecule has 0 heterocycles. The minimum atomic E-state index is -0.0847. The lowest BCUT2D eigenvalue weighted by atomic mass is 10.5. The van der Waals surface area contributed by atoms with Crippen LogP contribution in [-0.2, 0) is 4.79 Å². The highest BCUT2D eigenvalue weighted by Crippen LogP contribution is 1.85. The van der Waals surface area contributed by atoms with Crippen molar-refractivity contribution in [3.05, 3.63) is 11.1 Å². The van der Waals surface area contributed by atoms with Crippen LogP contribution < -0.4 is 0 Å². The van der Waals surface area contributed by atoms with E-state index in [2.05, 4.69) is 15.9 Å². The minimum Gasteiger partial charge on any atom is -0.293 e. The van der Waals surface area contributed by atoms with Crippen LogP contribution in [0, 0.1) is 0 Å². The van der Waals surface area contributed by atoms with E-state index >= 15 is 0 Å². The Kier molecular flexibility index (Phi) is 4.45. The van der Waals surface area contributed by atoms with Crippen molar-refractivity contribution >= 4 is 33.3 Å². The third-order valence-corrected chi connectivity index (χ3v) is 0.908. The molecule has 0 bridgehead atoms. The first-order chi connectivity index (χ1) is 3.31. The Morgan fingerprint density at radius 1 is 1.86 bits per heavy atom. The molecule has 0 spiro atoms. The van der Waals surface area contributed by atoms with Crippen LogP contribution in [0.4, 0.5) is 0 Å². The second kappa shape index (κ2) is 4.34. The Balaban J connectivity index is 3.37. The summed E-state index contributed by atoms with van der Waals surface area (Å²) in [6.45, 7) is 0. The molecular formula is C4H4BrClO. The summed E-state index contributed by atoms with van der Waals surface area (Å²) in [5.41, 5.74) is 0. The SMILES string of the molecule is O=C(/C=C/Br)CCl. The van der Waals surface area contributed by atoms with Gasteiger partial charge >= 0.3 is 0 Å². The molecule has 0 saturated heterocycles. The van der Waals surface area contributed by atoms with Gasteiger partial charge in [0.25, 0.3) is 0 Å². The van der Waals surface area contributed by atoms with Crippen molar-refractivity contribution in [3.63, 3.8) is 0 Å². The predicted octanol–water partition coefficient (Wildman–Crippen LogP) is 1.70. The molecule has 0 aliphatic carbocycles. The quantitative estimate of drug-likeness (QED) is 0.470. The highest BCUT2D eigenvalue weighted by molar-refractivity contribution is 9.11. The molecule has 0 fully saturated rings. The molecule has 0 aliphatic heterocycles. The van der Waals surface area contributed by atoms with Gasteiger partial charge in [-0.1, -0.05) is 15.9 Å². The van der Waals surface area contributed by atoms with Gasteiger partial charge in [-0.25, -0.2) is 0 Å². The topological polar surface area (TPSA) is 17.1 Å². The number of carbonyl (C=O) groups is 1. The van der Waals surface area contributed by atoms with Crippen LogP contribution in [0.1, 0.15) is 0 Å². The molecule has 0 rings (SSSR count). The van der Waals surface area contributed by atoms with Gasteiger partial charge in [0.2, 0.25) is 0 Å². The molecule has 0 amide bonds. The lowest BCUT2D eigenvalue weighted by Gasteiger charge is -1.75. The zero-order chi connectivity index (χ0) is 5.70. The fourth-order valence-electron chi connectivity index (χ4n) is 0.115. The number of alkyl halides is 1. The maximum absolute atomic E-state index is 10.2. The summed E-state index contributed by atoms with van der Waals surface area (Å²) in [5.74, 6) is -0.0270. The largest absolute Gasteiger partial charge is 0.293 e. The van der Waals surface area contributed by atoms with Crippen molar-refractivity contribution in [3.8, 4) is 0 Å². The number of ketones is 1. The summed E-state index contributed by atoms with van der Waals surface area (Å²) < 4.78 is 0. The van der Waals surface area contributed by atoms with E-state index in [1.165, 1.54) is 11.1 Å². The van der Waals surface area contributed by atoms with Crippen molar-refractivity contribution in [1.29, 1.82) is 0 Å². The van der Waals surface area contributed by atoms with Crippen LogP contribution in [0.25, 0.3) is 0 Å². The molecule has 3 heteroatoms. The van der Waals surface area contributed by atoms with Crippen molar-refractivity contribution in [2.75, 3.05) is 5.88 Å². The van der Waals surface area contributed by atoms with Crippen LogP contribution in [0.3, 0.4) is 0 Å². The van der Waals surface area contributed by atoms with E-state index in [1.807, 2.05) is 0 Å². The molecule has 0 aromatic heterocycles. The normalized spacial score (nSPS) is 10.0. The number of rotatable bonds is 2. The van der Waals surface area contributed by atoms with Gasteiger partial charge in [0.15, 0.2) is 5.78 Å². The number of halogens is 2. The summed E-state index contributed by atoms with van der Waals surface area (Å²) in [5, 5.41) is 0. The van der Waals surface area contributed by atoms with Crippen molar-refractivity contribution in [1.82, 2.24) is 0 Å². The Hall–Kier alpha value is 0.180.